The SMILES string of the molecule is CC(C)(C)C1=Nc2ccc(C=O)cc2CC1. The lowest BCUT2D eigenvalue weighted by Gasteiger charge is -2.25. The van der Waals surface area contributed by atoms with Crippen LogP contribution in [-0.2, 0) is 6.42 Å². The Labute approximate surface area is 96.4 Å². The van der Waals surface area contributed by atoms with Crippen LogP contribution in [0.25, 0.3) is 0 Å². The van der Waals surface area contributed by atoms with Crippen molar-refractivity contribution in [3.8, 4) is 0 Å². The van der Waals surface area contributed by atoms with Crippen LogP contribution in [0, 0.1) is 5.41 Å². The van der Waals surface area contributed by atoms with Crippen molar-refractivity contribution in [2.24, 2.45) is 10.4 Å². The minimum atomic E-state index is 0.140. The van der Waals surface area contributed by atoms with Crippen LogP contribution in [0.1, 0.15) is 43.1 Å². The number of aryl methyl sites for hydroxylation is 1. The highest BCUT2D eigenvalue weighted by Crippen LogP contribution is 2.31. The molecular formula is C14H17NO. The number of benzene rings is 1. The Morgan fingerprint density at radius 2 is 2.00 bits per heavy atom. The first kappa shape index (κ1) is 11.1. The topological polar surface area (TPSA) is 29.4 Å². The molecule has 84 valence electrons. The molecule has 2 rings (SSSR count). The highest BCUT2D eigenvalue weighted by atomic mass is 16.1. The van der Waals surface area contributed by atoms with E-state index in [0.29, 0.717) is 0 Å². The standard InChI is InChI=1S/C14H17NO/c1-14(2,3)13-7-5-11-8-10(9-16)4-6-12(11)15-13/h4,6,8-9H,5,7H2,1-3H3. The third-order valence-electron chi connectivity index (χ3n) is 2.99. The monoisotopic (exact) mass is 215 g/mol. The number of hydrogen-bond donors (Lipinski definition) is 0. The van der Waals surface area contributed by atoms with Gasteiger partial charge in [-0.05, 0) is 36.6 Å². The van der Waals surface area contributed by atoms with Gasteiger partial charge in [0, 0.05) is 16.7 Å². The maximum absolute atomic E-state index is 10.7. The van der Waals surface area contributed by atoms with Crippen molar-refractivity contribution in [2.45, 2.75) is 33.6 Å². The minimum Gasteiger partial charge on any atom is -0.298 e. The molecule has 0 saturated heterocycles. The molecule has 1 aromatic carbocycles. The van der Waals surface area contributed by atoms with Crippen LogP contribution in [0.5, 0.6) is 0 Å². The second-order valence-electron chi connectivity index (χ2n) is 5.31. The fraction of sp³-hybridized carbons (Fsp3) is 0.429. The normalized spacial score (nSPS) is 15.3. The number of hydrogen-bond acceptors (Lipinski definition) is 2. The van der Waals surface area contributed by atoms with Gasteiger partial charge in [0.2, 0.25) is 0 Å². The molecule has 0 fully saturated rings. The number of nitrogens with zero attached hydrogens (tertiary/aromatic N) is 1. The summed E-state index contributed by atoms with van der Waals surface area (Å²) in [6.45, 7) is 6.57. The van der Waals surface area contributed by atoms with Crippen molar-refractivity contribution >= 4 is 17.7 Å². The van der Waals surface area contributed by atoms with E-state index in [9.17, 15) is 4.79 Å². The quantitative estimate of drug-likeness (QED) is 0.658. The molecule has 1 aliphatic rings. The Morgan fingerprint density at radius 3 is 2.62 bits per heavy atom. The van der Waals surface area contributed by atoms with E-state index in [2.05, 4.69) is 20.8 Å². The van der Waals surface area contributed by atoms with Gasteiger partial charge >= 0.3 is 0 Å². The molecule has 1 aliphatic heterocycles. The Balaban J connectivity index is 2.42. The number of carbonyl (C=O) groups is 1. The molecule has 2 nitrogen and oxygen atoms in total. The lowest BCUT2D eigenvalue weighted by atomic mass is 9.84. The largest absolute Gasteiger partial charge is 0.298 e. The lowest BCUT2D eigenvalue weighted by Crippen LogP contribution is -2.22. The van der Waals surface area contributed by atoms with Crippen LogP contribution in [0.15, 0.2) is 23.2 Å². The summed E-state index contributed by atoms with van der Waals surface area (Å²) in [6.07, 6.45) is 2.88. The van der Waals surface area contributed by atoms with Crippen LogP contribution in [-0.4, -0.2) is 12.0 Å². The van der Waals surface area contributed by atoms with Crippen molar-refractivity contribution in [3.63, 3.8) is 0 Å². The van der Waals surface area contributed by atoms with Crippen molar-refractivity contribution in [3.05, 3.63) is 29.3 Å². The number of carbonyl (C=O) groups excluding carboxylic acids is 1. The van der Waals surface area contributed by atoms with Crippen LogP contribution in [0.2, 0.25) is 0 Å². The van der Waals surface area contributed by atoms with Crippen LogP contribution in [0.4, 0.5) is 5.69 Å². The zero-order valence-electron chi connectivity index (χ0n) is 10.1. The Hall–Kier alpha value is -1.44. The molecule has 0 aromatic heterocycles. The fourth-order valence-corrected chi connectivity index (χ4v) is 1.99. The maximum atomic E-state index is 10.7. The summed E-state index contributed by atoms with van der Waals surface area (Å²) >= 11 is 0. The van der Waals surface area contributed by atoms with Crippen LogP contribution >= 0.6 is 0 Å². The van der Waals surface area contributed by atoms with Gasteiger partial charge in [0.1, 0.15) is 6.29 Å². The first-order valence-electron chi connectivity index (χ1n) is 5.67. The van der Waals surface area contributed by atoms with E-state index in [-0.39, 0.29) is 5.41 Å². The zero-order valence-corrected chi connectivity index (χ0v) is 10.1. The predicted molar refractivity (Wildman–Crippen MR) is 66.7 cm³/mol. The van der Waals surface area contributed by atoms with E-state index in [0.717, 1.165) is 30.4 Å². The van der Waals surface area contributed by atoms with Crippen LogP contribution in [0.3, 0.4) is 0 Å². The smallest absolute Gasteiger partial charge is 0.150 e. The van der Waals surface area contributed by atoms with E-state index < -0.39 is 0 Å². The van der Waals surface area contributed by atoms with Crippen molar-refractivity contribution < 1.29 is 4.79 Å². The summed E-state index contributed by atoms with van der Waals surface area (Å²) < 4.78 is 0. The molecule has 0 radical (unpaired) electrons. The molecule has 1 heterocycles. The Bertz CT molecular complexity index is 452. The lowest BCUT2D eigenvalue weighted by molar-refractivity contribution is 0.112. The molecule has 2 heteroatoms. The van der Waals surface area contributed by atoms with Crippen LogP contribution < -0.4 is 0 Å². The van der Waals surface area contributed by atoms with E-state index in [1.807, 2.05) is 18.2 Å². The molecule has 0 saturated carbocycles. The van der Waals surface area contributed by atoms with E-state index in [1.165, 1.54) is 11.3 Å². The van der Waals surface area contributed by atoms with Gasteiger partial charge in [-0.3, -0.25) is 9.79 Å². The second kappa shape index (κ2) is 3.85. The third-order valence-corrected chi connectivity index (χ3v) is 2.99. The Kier molecular flexibility index (Phi) is 2.66. The minimum absolute atomic E-state index is 0.140. The summed E-state index contributed by atoms with van der Waals surface area (Å²) in [5, 5.41) is 0. The van der Waals surface area contributed by atoms with Gasteiger partial charge in [-0.25, -0.2) is 0 Å². The fourth-order valence-electron chi connectivity index (χ4n) is 1.99. The second-order valence-corrected chi connectivity index (χ2v) is 5.31. The molecule has 0 bridgehead atoms. The number of rotatable bonds is 1. The summed E-state index contributed by atoms with van der Waals surface area (Å²) in [7, 11) is 0. The number of aldehydes is 1. The number of aliphatic imine (C=N–C) groups is 1. The predicted octanol–water partition coefficient (Wildman–Crippen LogP) is 3.56. The summed E-state index contributed by atoms with van der Waals surface area (Å²) in [5.41, 5.74) is 4.35. The molecule has 0 amide bonds. The highest BCUT2D eigenvalue weighted by Gasteiger charge is 2.22. The van der Waals surface area contributed by atoms with E-state index in [1.54, 1.807) is 0 Å². The van der Waals surface area contributed by atoms with Gasteiger partial charge in [0.25, 0.3) is 0 Å². The Morgan fingerprint density at radius 1 is 1.25 bits per heavy atom. The van der Waals surface area contributed by atoms with Gasteiger partial charge < -0.3 is 0 Å². The summed E-state index contributed by atoms with van der Waals surface area (Å²) in [4.78, 5) is 15.4. The molecule has 0 atom stereocenters. The van der Waals surface area contributed by atoms with Gasteiger partial charge in [-0.15, -0.1) is 0 Å². The summed E-state index contributed by atoms with van der Waals surface area (Å²) in [6, 6.07) is 5.73. The van der Waals surface area contributed by atoms with Gasteiger partial charge in [0.15, 0.2) is 0 Å². The third kappa shape index (κ3) is 2.06. The van der Waals surface area contributed by atoms with Gasteiger partial charge in [-0.1, -0.05) is 20.8 Å². The first-order chi connectivity index (χ1) is 7.50. The molecule has 0 aliphatic carbocycles. The van der Waals surface area contributed by atoms with Gasteiger partial charge in [-0.2, -0.15) is 0 Å². The molecular weight excluding hydrogens is 198 g/mol. The molecule has 0 spiro atoms. The molecule has 16 heavy (non-hydrogen) atoms. The summed E-state index contributed by atoms with van der Waals surface area (Å²) in [5.74, 6) is 0. The molecule has 1 aromatic rings. The molecule has 0 unspecified atom stereocenters. The zero-order chi connectivity index (χ0) is 11.8. The van der Waals surface area contributed by atoms with Gasteiger partial charge in [0.05, 0.1) is 5.69 Å². The average Bonchev–Trinajstić information content (AvgIpc) is 2.26. The van der Waals surface area contributed by atoms with Crippen molar-refractivity contribution in [2.75, 3.05) is 0 Å². The molecule has 0 N–H and O–H groups in total. The van der Waals surface area contributed by atoms with E-state index in [4.69, 9.17) is 4.99 Å². The van der Waals surface area contributed by atoms with E-state index >= 15 is 0 Å². The van der Waals surface area contributed by atoms with Crippen molar-refractivity contribution in [1.29, 1.82) is 0 Å². The first-order valence-corrected chi connectivity index (χ1v) is 5.67. The van der Waals surface area contributed by atoms with Crippen molar-refractivity contribution in [1.82, 2.24) is 0 Å². The average molecular weight is 215 g/mol. The number of fused-ring (bicyclic) bond motifs is 1. The maximum Gasteiger partial charge on any atom is 0.150 e. The highest BCUT2D eigenvalue weighted by molar-refractivity contribution is 5.93.